The Bertz CT molecular complexity index is 1020. The van der Waals surface area contributed by atoms with Crippen molar-refractivity contribution in [3.63, 3.8) is 0 Å². The Balaban J connectivity index is 1.33. The van der Waals surface area contributed by atoms with Crippen molar-refractivity contribution in [2.45, 2.75) is 12.3 Å². The standard InChI is InChI=1S/C23H20FN3O2/c24-16-11-9-15(10-12-16)20-14-21(20)22(28)25-18-7-4-8-19(13-18)27-23(29)26-17-5-2-1-3-6-17/h1-13,20-21H,14H2,(H,25,28)(H2,26,27,29). The lowest BCUT2D eigenvalue weighted by Gasteiger charge is -2.10. The van der Waals surface area contributed by atoms with Gasteiger partial charge in [0.05, 0.1) is 0 Å². The van der Waals surface area contributed by atoms with Crippen LogP contribution in [0.4, 0.5) is 26.2 Å². The second-order valence-corrected chi connectivity index (χ2v) is 7.02. The fraction of sp³-hybridized carbons (Fsp3) is 0.130. The number of urea groups is 1. The minimum atomic E-state index is -0.363. The molecule has 0 saturated heterocycles. The molecule has 0 spiro atoms. The fourth-order valence-electron chi connectivity index (χ4n) is 3.29. The maximum absolute atomic E-state index is 13.1. The van der Waals surface area contributed by atoms with E-state index >= 15 is 0 Å². The molecule has 3 aromatic carbocycles. The van der Waals surface area contributed by atoms with Crippen LogP contribution in [0, 0.1) is 11.7 Å². The van der Waals surface area contributed by atoms with E-state index in [1.54, 1.807) is 48.5 Å². The number of benzene rings is 3. The highest BCUT2D eigenvalue weighted by molar-refractivity contribution is 6.00. The molecule has 1 aliphatic rings. The Morgan fingerprint density at radius 2 is 1.38 bits per heavy atom. The third-order valence-electron chi connectivity index (χ3n) is 4.85. The van der Waals surface area contributed by atoms with Gasteiger partial charge in [-0.3, -0.25) is 4.79 Å². The maximum Gasteiger partial charge on any atom is 0.323 e. The van der Waals surface area contributed by atoms with E-state index in [4.69, 9.17) is 0 Å². The van der Waals surface area contributed by atoms with Gasteiger partial charge in [0.25, 0.3) is 0 Å². The van der Waals surface area contributed by atoms with E-state index in [0.29, 0.717) is 17.1 Å². The number of halogens is 1. The molecular formula is C23H20FN3O2. The van der Waals surface area contributed by atoms with Crippen LogP contribution in [0.5, 0.6) is 0 Å². The van der Waals surface area contributed by atoms with Crippen molar-refractivity contribution >= 4 is 29.0 Å². The molecule has 3 amide bonds. The monoisotopic (exact) mass is 389 g/mol. The minimum Gasteiger partial charge on any atom is -0.326 e. The first-order valence-corrected chi connectivity index (χ1v) is 9.38. The predicted octanol–water partition coefficient (Wildman–Crippen LogP) is 5.21. The first-order chi connectivity index (χ1) is 14.1. The predicted molar refractivity (Wildman–Crippen MR) is 111 cm³/mol. The van der Waals surface area contributed by atoms with Gasteiger partial charge < -0.3 is 16.0 Å². The Hall–Kier alpha value is -3.67. The number of carbonyl (C=O) groups is 2. The van der Waals surface area contributed by atoms with Crippen LogP contribution in [-0.4, -0.2) is 11.9 Å². The van der Waals surface area contributed by atoms with E-state index in [0.717, 1.165) is 12.0 Å². The van der Waals surface area contributed by atoms with Crippen LogP contribution < -0.4 is 16.0 Å². The highest BCUT2D eigenvalue weighted by Crippen LogP contribution is 2.48. The number of hydrogen-bond donors (Lipinski definition) is 3. The lowest BCUT2D eigenvalue weighted by Crippen LogP contribution is -2.19. The van der Waals surface area contributed by atoms with E-state index in [2.05, 4.69) is 16.0 Å². The number of anilines is 3. The Morgan fingerprint density at radius 1 is 0.759 bits per heavy atom. The van der Waals surface area contributed by atoms with Crippen LogP contribution in [0.15, 0.2) is 78.9 Å². The summed E-state index contributed by atoms with van der Waals surface area (Å²) in [6.45, 7) is 0. The van der Waals surface area contributed by atoms with Crippen molar-refractivity contribution in [3.05, 3.63) is 90.2 Å². The summed E-state index contributed by atoms with van der Waals surface area (Å²) >= 11 is 0. The molecule has 146 valence electrons. The third-order valence-corrected chi connectivity index (χ3v) is 4.85. The van der Waals surface area contributed by atoms with Crippen molar-refractivity contribution in [2.24, 2.45) is 5.92 Å². The quantitative estimate of drug-likeness (QED) is 0.560. The van der Waals surface area contributed by atoms with Crippen molar-refractivity contribution in [3.8, 4) is 0 Å². The zero-order valence-electron chi connectivity index (χ0n) is 15.6. The fourth-order valence-corrected chi connectivity index (χ4v) is 3.29. The molecule has 3 N–H and O–H groups in total. The van der Waals surface area contributed by atoms with E-state index in [1.807, 2.05) is 18.2 Å². The van der Waals surface area contributed by atoms with E-state index in [9.17, 15) is 14.0 Å². The highest BCUT2D eigenvalue weighted by Gasteiger charge is 2.43. The Morgan fingerprint density at radius 3 is 2.10 bits per heavy atom. The van der Waals surface area contributed by atoms with Gasteiger partial charge in [0.15, 0.2) is 0 Å². The summed E-state index contributed by atoms with van der Waals surface area (Å²) in [6.07, 6.45) is 0.745. The van der Waals surface area contributed by atoms with Crippen LogP contribution in [-0.2, 0) is 4.79 Å². The second kappa shape index (κ2) is 8.14. The molecule has 3 aromatic rings. The van der Waals surface area contributed by atoms with Gasteiger partial charge in [-0.15, -0.1) is 0 Å². The summed E-state index contributed by atoms with van der Waals surface area (Å²) in [5.74, 6) is -0.367. The summed E-state index contributed by atoms with van der Waals surface area (Å²) in [7, 11) is 0. The Kier molecular flexibility index (Phi) is 5.24. The topological polar surface area (TPSA) is 70.2 Å². The van der Waals surface area contributed by atoms with Crippen LogP contribution in [0.3, 0.4) is 0 Å². The molecule has 5 nitrogen and oxygen atoms in total. The number of hydrogen-bond acceptors (Lipinski definition) is 2. The van der Waals surface area contributed by atoms with Crippen LogP contribution in [0.25, 0.3) is 0 Å². The maximum atomic E-state index is 13.1. The van der Waals surface area contributed by atoms with E-state index in [-0.39, 0.29) is 29.6 Å². The molecule has 1 fully saturated rings. The highest BCUT2D eigenvalue weighted by atomic mass is 19.1. The molecule has 1 saturated carbocycles. The van der Waals surface area contributed by atoms with E-state index < -0.39 is 0 Å². The Labute approximate surface area is 168 Å². The molecule has 0 radical (unpaired) electrons. The molecular weight excluding hydrogens is 369 g/mol. The molecule has 1 aliphatic carbocycles. The number of carbonyl (C=O) groups excluding carboxylic acids is 2. The molecule has 29 heavy (non-hydrogen) atoms. The van der Waals surface area contributed by atoms with Gasteiger partial charge >= 0.3 is 6.03 Å². The summed E-state index contributed by atoms with van der Waals surface area (Å²) in [5.41, 5.74) is 2.84. The molecule has 0 aromatic heterocycles. The van der Waals surface area contributed by atoms with Crippen LogP contribution in [0.2, 0.25) is 0 Å². The zero-order valence-corrected chi connectivity index (χ0v) is 15.6. The first-order valence-electron chi connectivity index (χ1n) is 9.38. The summed E-state index contributed by atoms with van der Waals surface area (Å²) in [5, 5.41) is 8.39. The number of rotatable bonds is 5. The summed E-state index contributed by atoms with van der Waals surface area (Å²) in [4.78, 5) is 24.6. The molecule has 2 atom stereocenters. The van der Waals surface area contributed by atoms with Gasteiger partial charge in [0.1, 0.15) is 5.82 Å². The molecule has 6 heteroatoms. The normalized spacial score (nSPS) is 17.3. The zero-order chi connectivity index (χ0) is 20.2. The third kappa shape index (κ3) is 4.79. The lowest BCUT2D eigenvalue weighted by molar-refractivity contribution is -0.117. The molecule has 4 rings (SSSR count). The van der Waals surface area contributed by atoms with Gasteiger partial charge in [-0.1, -0.05) is 36.4 Å². The van der Waals surface area contributed by atoms with Crippen molar-refractivity contribution < 1.29 is 14.0 Å². The van der Waals surface area contributed by atoms with Gasteiger partial charge in [-0.05, 0) is 60.4 Å². The minimum absolute atomic E-state index is 0.0785. The summed E-state index contributed by atoms with van der Waals surface area (Å²) < 4.78 is 13.1. The first kappa shape index (κ1) is 18.7. The van der Waals surface area contributed by atoms with Gasteiger partial charge in [0, 0.05) is 23.0 Å². The molecule has 2 unspecified atom stereocenters. The van der Waals surface area contributed by atoms with Gasteiger partial charge in [-0.2, -0.15) is 0 Å². The molecule has 0 bridgehead atoms. The summed E-state index contributed by atoms with van der Waals surface area (Å²) in [6, 6.07) is 22.0. The average molecular weight is 389 g/mol. The van der Waals surface area contributed by atoms with Crippen molar-refractivity contribution in [1.82, 2.24) is 0 Å². The van der Waals surface area contributed by atoms with Crippen molar-refractivity contribution in [1.29, 1.82) is 0 Å². The lowest BCUT2D eigenvalue weighted by atomic mass is 10.1. The van der Waals surface area contributed by atoms with Crippen LogP contribution >= 0.6 is 0 Å². The number of para-hydroxylation sites is 1. The number of nitrogens with one attached hydrogen (secondary N) is 3. The molecule has 0 heterocycles. The number of amides is 3. The SMILES string of the molecule is O=C(Nc1ccccc1)Nc1cccc(NC(=O)C2CC2c2ccc(F)cc2)c1. The molecule has 0 aliphatic heterocycles. The van der Waals surface area contributed by atoms with Gasteiger partial charge in [0.2, 0.25) is 5.91 Å². The second-order valence-electron chi connectivity index (χ2n) is 7.02. The van der Waals surface area contributed by atoms with Gasteiger partial charge in [-0.25, -0.2) is 9.18 Å². The largest absolute Gasteiger partial charge is 0.326 e. The van der Waals surface area contributed by atoms with Crippen molar-refractivity contribution in [2.75, 3.05) is 16.0 Å². The smallest absolute Gasteiger partial charge is 0.323 e. The average Bonchev–Trinajstić information content (AvgIpc) is 3.50. The van der Waals surface area contributed by atoms with E-state index in [1.165, 1.54) is 12.1 Å². The van der Waals surface area contributed by atoms with Crippen LogP contribution in [0.1, 0.15) is 17.9 Å².